The van der Waals surface area contributed by atoms with Crippen LogP contribution in [0.2, 0.25) is 0 Å². The molecule has 0 radical (unpaired) electrons. The number of benzene rings is 1. The third-order valence-corrected chi connectivity index (χ3v) is 5.92. The smallest absolute Gasteiger partial charge is 0.106 e. The topological polar surface area (TPSA) is 12.5 Å². The van der Waals surface area contributed by atoms with Crippen LogP contribution in [0.15, 0.2) is 18.2 Å². The van der Waals surface area contributed by atoms with Gasteiger partial charge in [-0.05, 0) is 42.4 Å². The van der Waals surface area contributed by atoms with Gasteiger partial charge >= 0.3 is 0 Å². The molecule has 27 heavy (non-hydrogen) atoms. The van der Waals surface area contributed by atoms with E-state index in [1.807, 2.05) is 0 Å². The van der Waals surface area contributed by atoms with Gasteiger partial charge in [-0.1, -0.05) is 109 Å². The van der Waals surface area contributed by atoms with Crippen molar-refractivity contribution in [2.24, 2.45) is 0 Å². The van der Waals surface area contributed by atoms with Crippen LogP contribution >= 0.6 is 0 Å². The van der Waals surface area contributed by atoms with Crippen LogP contribution in [0, 0.1) is 0 Å². The Kier molecular flexibility index (Phi) is 11.8. The van der Waals surface area contributed by atoms with Crippen molar-refractivity contribution >= 4 is 0 Å². The molecule has 0 aromatic heterocycles. The molecule has 1 atom stereocenters. The number of hydrogen-bond acceptors (Lipinski definition) is 1. The molecule has 1 aliphatic heterocycles. The Balaban J connectivity index is 1.69. The predicted molar refractivity (Wildman–Crippen MR) is 119 cm³/mol. The number of aryl methyl sites for hydroxylation is 2. The highest BCUT2D eigenvalue weighted by atomic mass is 16.6. The molecule has 0 N–H and O–H groups in total. The molecule has 154 valence electrons. The van der Waals surface area contributed by atoms with E-state index >= 15 is 0 Å². The van der Waals surface area contributed by atoms with E-state index < -0.39 is 0 Å². The molecule has 0 aliphatic carbocycles. The maximum absolute atomic E-state index is 5.57. The Morgan fingerprint density at radius 1 is 0.630 bits per heavy atom. The minimum Gasteiger partial charge on any atom is -0.368 e. The highest BCUT2D eigenvalue weighted by Crippen LogP contribution is 2.32. The molecule has 0 saturated carbocycles. The zero-order valence-corrected chi connectivity index (χ0v) is 18.2. The summed E-state index contributed by atoms with van der Waals surface area (Å²) in [6.07, 6.45) is 22.4. The lowest BCUT2D eigenvalue weighted by Gasteiger charge is -2.09. The number of ether oxygens (including phenoxy) is 1. The Bertz CT molecular complexity index is 453. The first-order chi connectivity index (χ1) is 13.3. The molecular formula is C26H44O. The molecule has 1 heterocycles. The molecule has 1 saturated heterocycles. The van der Waals surface area contributed by atoms with Crippen LogP contribution in [0.25, 0.3) is 0 Å². The second-order valence-electron chi connectivity index (χ2n) is 8.65. The van der Waals surface area contributed by atoms with Gasteiger partial charge in [0, 0.05) is 0 Å². The van der Waals surface area contributed by atoms with Gasteiger partial charge in [0.1, 0.15) is 6.10 Å². The fourth-order valence-corrected chi connectivity index (χ4v) is 4.08. The van der Waals surface area contributed by atoms with Crippen LogP contribution in [0.5, 0.6) is 0 Å². The Labute approximate surface area is 169 Å². The van der Waals surface area contributed by atoms with E-state index in [1.165, 1.54) is 108 Å². The lowest BCUT2D eigenvalue weighted by molar-refractivity contribution is 0.415. The van der Waals surface area contributed by atoms with Gasteiger partial charge in [-0.3, -0.25) is 0 Å². The largest absolute Gasteiger partial charge is 0.368 e. The van der Waals surface area contributed by atoms with Crippen molar-refractivity contribution in [3.8, 4) is 0 Å². The van der Waals surface area contributed by atoms with Gasteiger partial charge < -0.3 is 4.74 Å². The van der Waals surface area contributed by atoms with Gasteiger partial charge in [0.2, 0.25) is 0 Å². The van der Waals surface area contributed by atoms with Crippen LogP contribution in [0.3, 0.4) is 0 Å². The fraction of sp³-hybridized carbons (Fsp3) is 0.769. The fourth-order valence-electron chi connectivity index (χ4n) is 4.08. The van der Waals surface area contributed by atoms with E-state index in [0.717, 1.165) is 6.61 Å². The third-order valence-electron chi connectivity index (χ3n) is 5.92. The molecule has 1 unspecified atom stereocenters. The maximum atomic E-state index is 5.57. The number of rotatable bonds is 17. The zero-order chi connectivity index (χ0) is 19.2. The van der Waals surface area contributed by atoms with E-state index in [0.29, 0.717) is 6.10 Å². The zero-order valence-electron chi connectivity index (χ0n) is 18.2. The molecule has 1 aromatic rings. The standard InChI is InChI=1S/C26H44O/c1-3-5-7-9-11-13-15-17-23-19-24(21-25(20-23)26-22-27-26)18-16-14-12-10-8-6-4-2/h19-21,26H,3-18,22H2,1-2H3. The van der Waals surface area contributed by atoms with Gasteiger partial charge in [-0.25, -0.2) is 0 Å². The first-order valence-corrected chi connectivity index (χ1v) is 12.1. The molecule has 1 heteroatoms. The molecule has 1 fully saturated rings. The van der Waals surface area contributed by atoms with Crippen LogP contribution in [-0.4, -0.2) is 6.61 Å². The van der Waals surface area contributed by atoms with Crippen molar-refractivity contribution < 1.29 is 4.74 Å². The SMILES string of the molecule is CCCCCCCCCc1cc(CCCCCCCCC)cc(C2CO2)c1. The summed E-state index contributed by atoms with van der Waals surface area (Å²) in [5.74, 6) is 0. The number of hydrogen-bond donors (Lipinski definition) is 0. The van der Waals surface area contributed by atoms with Crippen LogP contribution < -0.4 is 0 Å². The summed E-state index contributed by atoms with van der Waals surface area (Å²) >= 11 is 0. The van der Waals surface area contributed by atoms with Gasteiger partial charge in [-0.2, -0.15) is 0 Å². The lowest BCUT2D eigenvalue weighted by atomic mass is 9.96. The first kappa shape index (κ1) is 22.5. The summed E-state index contributed by atoms with van der Waals surface area (Å²) in [6, 6.07) is 7.33. The van der Waals surface area contributed by atoms with E-state index in [1.54, 1.807) is 11.1 Å². The monoisotopic (exact) mass is 372 g/mol. The molecule has 1 aromatic carbocycles. The average molecular weight is 373 g/mol. The van der Waals surface area contributed by atoms with Crippen molar-refractivity contribution in [2.75, 3.05) is 6.61 Å². The third kappa shape index (κ3) is 10.3. The predicted octanol–water partition coefficient (Wildman–Crippen LogP) is 8.34. The first-order valence-electron chi connectivity index (χ1n) is 12.1. The highest BCUT2D eigenvalue weighted by molar-refractivity contribution is 5.33. The van der Waals surface area contributed by atoms with Crippen LogP contribution in [0.4, 0.5) is 0 Å². The van der Waals surface area contributed by atoms with Crippen LogP contribution in [-0.2, 0) is 17.6 Å². The molecule has 2 rings (SSSR count). The van der Waals surface area contributed by atoms with Gasteiger partial charge in [0.05, 0.1) is 6.61 Å². The summed E-state index contributed by atoms with van der Waals surface area (Å²) in [5.41, 5.74) is 4.54. The summed E-state index contributed by atoms with van der Waals surface area (Å²) in [6.45, 7) is 5.51. The minimum atomic E-state index is 0.395. The van der Waals surface area contributed by atoms with Crippen molar-refractivity contribution in [3.63, 3.8) is 0 Å². The van der Waals surface area contributed by atoms with E-state index in [-0.39, 0.29) is 0 Å². The van der Waals surface area contributed by atoms with Crippen molar-refractivity contribution in [1.29, 1.82) is 0 Å². The average Bonchev–Trinajstić information content (AvgIpc) is 3.52. The second-order valence-corrected chi connectivity index (χ2v) is 8.65. The highest BCUT2D eigenvalue weighted by Gasteiger charge is 2.25. The summed E-state index contributed by atoms with van der Waals surface area (Å²) < 4.78 is 5.57. The Morgan fingerprint density at radius 2 is 1.04 bits per heavy atom. The Morgan fingerprint density at radius 3 is 1.44 bits per heavy atom. The quantitative estimate of drug-likeness (QED) is 0.198. The van der Waals surface area contributed by atoms with Gasteiger partial charge in [-0.15, -0.1) is 0 Å². The van der Waals surface area contributed by atoms with E-state index in [9.17, 15) is 0 Å². The normalized spacial score (nSPS) is 16.0. The van der Waals surface area contributed by atoms with Gasteiger partial charge in [0.15, 0.2) is 0 Å². The van der Waals surface area contributed by atoms with Crippen molar-refractivity contribution in [3.05, 3.63) is 34.9 Å². The van der Waals surface area contributed by atoms with Crippen molar-refractivity contribution in [2.45, 2.75) is 123 Å². The molecule has 1 aliphatic rings. The maximum Gasteiger partial charge on any atom is 0.106 e. The molecular weight excluding hydrogens is 328 g/mol. The molecule has 1 nitrogen and oxygen atoms in total. The number of unbranched alkanes of at least 4 members (excludes halogenated alkanes) is 12. The van der Waals surface area contributed by atoms with Gasteiger partial charge in [0.25, 0.3) is 0 Å². The molecule has 0 bridgehead atoms. The lowest BCUT2D eigenvalue weighted by Crippen LogP contribution is -1.95. The molecule has 0 spiro atoms. The minimum absolute atomic E-state index is 0.395. The summed E-state index contributed by atoms with van der Waals surface area (Å²) in [4.78, 5) is 0. The van der Waals surface area contributed by atoms with Crippen molar-refractivity contribution in [1.82, 2.24) is 0 Å². The van der Waals surface area contributed by atoms with Crippen LogP contribution in [0.1, 0.15) is 127 Å². The summed E-state index contributed by atoms with van der Waals surface area (Å²) in [5, 5.41) is 0. The van der Waals surface area contributed by atoms with E-state index in [4.69, 9.17) is 4.74 Å². The summed E-state index contributed by atoms with van der Waals surface area (Å²) in [7, 11) is 0. The molecule has 0 amide bonds. The Hall–Kier alpha value is -0.820. The second kappa shape index (κ2) is 14.2. The number of epoxide rings is 1. The van der Waals surface area contributed by atoms with E-state index in [2.05, 4.69) is 32.0 Å².